The molecule has 0 bridgehead atoms. The van der Waals surface area contributed by atoms with Crippen LogP contribution in [-0.2, 0) is 25.3 Å². The third kappa shape index (κ3) is 3.48. The molecule has 1 aromatic heterocycles. The van der Waals surface area contributed by atoms with E-state index >= 15 is 0 Å². The first-order valence-corrected chi connectivity index (χ1v) is 8.89. The number of aliphatic hydroxyl groups is 1. The Bertz CT molecular complexity index is 611. The van der Waals surface area contributed by atoms with Crippen LogP contribution in [0, 0.1) is 0 Å². The molecule has 0 atom stereocenters. The van der Waals surface area contributed by atoms with E-state index in [4.69, 9.17) is 5.11 Å². The monoisotopic (exact) mass is 319 g/mol. The Hall–Kier alpha value is -1.30. The summed E-state index contributed by atoms with van der Waals surface area (Å²) in [4.78, 5) is 14.4. The van der Waals surface area contributed by atoms with E-state index in [-0.39, 0.29) is 12.5 Å². The van der Waals surface area contributed by atoms with E-state index in [2.05, 4.69) is 5.32 Å². The molecular formula is C16H17NO2S2. The number of hydrogen-bond donors (Lipinski definition) is 2. The first kappa shape index (κ1) is 14.6. The van der Waals surface area contributed by atoms with Crippen molar-refractivity contribution in [2.45, 2.75) is 25.3 Å². The summed E-state index contributed by atoms with van der Waals surface area (Å²) in [6.45, 7) is 0.563. The van der Waals surface area contributed by atoms with Gasteiger partial charge in [-0.25, -0.2) is 0 Å². The van der Waals surface area contributed by atoms with Crippen LogP contribution in [0.15, 0.2) is 30.3 Å². The molecule has 2 N–H and O–H groups in total. The highest BCUT2D eigenvalue weighted by Crippen LogP contribution is 2.31. The lowest BCUT2D eigenvalue weighted by molar-refractivity contribution is 0.0955. The molecule has 3 nitrogen and oxygen atoms in total. The van der Waals surface area contributed by atoms with Crippen LogP contribution in [0.2, 0.25) is 0 Å². The fourth-order valence-corrected chi connectivity index (χ4v) is 4.58. The molecule has 0 radical (unpaired) electrons. The van der Waals surface area contributed by atoms with Crippen LogP contribution in [-0.4, -0.2) is 16.8 Å². The second-order valence-electron chi connectivity index (χ2n) is 5.02. The second-order valence-corrected chi connectivity index (χ2v) is 7.26. The van der Waals surface area contributed by atoms with Crippen molar-refractivity contribution in [3.8, 4) is 0 Å². The molecule has 0 spiro atoms. The maximum Gasteiger partial charge on any atom is 0.261 e. The summed E-state index contributed by atoms with van der Waals surface area (Å²) in [6.07, 6.45) is 1.08. The molecule has 21 heavy (non-hydrogen) atoms. The molecule has 1 aliphatic rings. The van der Waals surface area contributed by atoms with Gasteiger partial charge in [-0.05, 0) is 34.9 Å². The summed E-state index contributed by atoms with van der Waals surface area (Å²) >= 11 is 3.56. The van der Waals surface area contributed by atoms with Gasteiger partial charge in [0.2, 0.25) is 0 Å². The average Bonchev–Trinajstić information content (AvgIpc) is 2.97. The van der Waals surface area contributed by atoms with Crippen molar-refractivity contribution in [3.05, 3.63) is 56.8 Å². The molecule has 1 aliphatic heterocycles. The van der Waals surface area contributed by atoms with Gasteiger partial charge < -0.3 is 10.4 Å². The minimum atomic E-state index is 0.00522. The summed E-state index contributed by atoms with van der Waals surface area (Å²) in [7, 11) is 0. The molecule has 3 rings (SSSR count). The normalized spacial score (nSPS) is 13.8. The van der Waals surface area contributed by atoms with Gasteiger partial charge in [0.25, 0.3) is 5.91 Å². The summed E-state index contributed by atoms with van der Waals surface area (Å²) in [5, 5.41) is 12.0. The molecule has 1 aromatic carbocycles. The maximum atomic E-state index is 12.2. The van der Waals surface area contributed by atoms with Crippen LogP contribution in [0.5, 0.6) is 0 Å². The van der Waals surface area contributed by atoms with Gasteiger partial charge in [-0.1, -0.05) is 24.3 Å². The van der Waals surface area contributed by atoms with Crippen LogP contribution in [0.1, 0.15) is 31.2 Å². The molecule has 2 heterocycles. The first-order valence-electron chi connectivity index (χ1n) is 6.92. The van der Waals surface area contributed by atoms with E-state index in [1.54, 1.807) is 11.3 Å². The number of rotatable bonds is 4. The number of carbonyl (C=O) groups excluding carboxylic acids is 1. The predicted molar refractivity (Wildman–Crippen MR) is 87.7 cm³/mol. The lowest BCUT2D eigenvalue weighted by Gasteiger charge is -2.08. The van der Waals surface area contributed by atoms with Gasteiger partial charge in [0, 0.05) is 17.2 Å². The average molecular weight is 319 g/mol. The molecule has 0 saturated heterocycles. The first-order chi connectivity index (χ1) is 10.3. The molecule has 0 aliphatic carbocycles. The van der Waals surface area contributed by atoms with Crippen molar-refractivity contribution in [1.82, 2.24) is 5.32 Å². The number of benzene rings is 1. The van der Waals surface area contributed by atoms with E-state index in [1.165, 1.54) is 10.4 Å². The number of fused-ring (bicyclic) bond motifs is 1. The summed E-state index contributed by atoms with van der Waals surface area (Å²) in [6, 6.07) is 9.66. The Morgan fingerprint density at radius 2 is 2.00 bits per heavy atom. The Morgan fingerprint density at radius 3 is 2.71 bits per heavy atom. The van der Waals surface area contributed by atoms with Gasteiger partial charge in [-0.2, -0.15) is 11.8 Å². The van der Waals surface area contributed by atoms with Crippen LogP contribution in [0.3, 0.4) is 0 Å². The Morgan fingerprint density at radius 1 is 1.24 bits per heavy atom. The minimum absolute atomic E-state index is 0.00522. The molecule has 5 heteroatoms. The fraction of sp³-hybridized carbons (Fsp3) is 0.312. The smallest absolute Gasteiger partial charge is 0.261 e. The highest BCUT2D eigenvalue weighted by atomic mass is 32.2. The van der Waals surface area contributed by atoms with Crippen LogP contribution < -0.4 is 5.32 Å². The lowest BCUT2D eigenvalue weighted by Crippen LogP contribution is -2.21. The largest absolute Gasteiger partial charge is 0.392 e. The predicted octanol–water partition coefficient (Wildman–Crippen LogP) is 2.96. The number of hydrogen-bond acceptors (Lipinski definition) is 4. The molecule has 0 saturated carbocycles. The lowest BCUT2D eigenvalue weighted by atomic mass is 10.1. The SMILES string of the molecule is O=C(NCc1ccc(CO)cc1)c1cc2c(s1)CCSC2. The molecular weight excluding hydrogens is 302 g/mol. The number of thioether (sulfide) groups is 1. The van der Waals surface area contributed by atoms with Crippen molar-refractivity contribution in [2.75, 3.05) is 5.75 Å². The molecule has 0 unspecified atom stereocenters. The van der Waals surface area contributed by atoms with Crippen molar-refractivity contribution in [2.24, 2.45) is 0 Å². The third-order valence-corrected chi connectivity index (χ3v) is 5.75. The van der Waals surface area contributed by atoms with Gasteiger partial charge >= 0.3 is 0 Å². The van der Waals surface area contributed by atoms with Gasteiger partial charge in [0.05, 0.1) is 11.5 Å². The van der Waals surface area contributed by atoms with E-state index < -0.39 is 0 Å². The van der Waals surface area contributed by atoms with Crippen molar-refractivity contribution in [1.29, 1.82) is 0 Å². The summed E-state index contributed by atoms with van der Waals surface area (Å²) in [5.74, 6) is 2.19. The van der Waals surface area contributed by atoms with E-state index in [0.29, 0.717) is 6.54 Å². The minimum Gasteiger partial charge on any atom is -0.392 e. The zero-order valence-corrected chi connectivity index (χ0v) is 13.2. The maximum absolute atomic E-state index is 12.2. The zero-order chi connectivity index (χ0) is 14.7. The zero-order valence-electron chi connectivity index (χ0n) is 11.6. The highest BCUT2D eigenvalue weighted by Gasteiger charge is 2.17. The number of nitrogens with one attached hydrogen (secondary N) is 1. The van der Waals surface area contributed by atoms with E-state index in [1.807, 2.05) is 42.1 Å². The van der Waals surface area contributed by atoms with Crippen molar-refractivity contribution in [3.63, 3.8) is 0 Å². The standard InChI is InChI=1S/C16H17NO2S2/c18-9-12-3-1-11(2-4-12)8-17-16(19)15-7-13-10-20-6-5-14(13)21-15/h1-4,7,18H,5-6,8-10H2,(H,17,19). The number of aliphatic hydroxyl groups excluding tert-OH is 1. The summed E-state index contributed by atoms with van der Waals surface area (Å²) < 4.78 is 0. The van der Waals surface area contributed by atoms with Crippen LogP contribution in [0.25, 0.3) is 0 Å². The van der Waals surface area contributed by atoms with Gasteiger partial charge in [0.1, 0.15) is 0 Å². The van der Waals surface area contributed by atoms with Crippen LogP contribution >= 0.6 is 23.1 Å². The highest BCUT2D eigenvalue weighted by molar-refractivity contribution is 7.98. The second kappa shape index (κ2) is 6.64. The molecule has 110 valence electrons. The number of aryl methyl sites for hydroxylation is 1. The number of thiophene rings is 1. The van der Waals surface area contributed by atoms with E-state index in [0.717, 1.165) is 33.9 Å². The van der Waals surface area contributed by atoms with E-state index in [9.17, 15) is 4.79 Å². The number of amides is 1. The molecule has 0 fully saturated rings. The number of carbonyl (C=O) groups is 1. The summed E-state index contributed by atoms with van der Waals surface area (Å²) in [5.41, 5.74) is 3.25. The Kier molecular flexibility index (Phi) is 4.63. The topological polar surface area (TPSA) is 49.3 Å². The van der Waals surface area contributed by atoms with Crippen LogP contribution in [0.4, 0.5) is 0 Å². The molecule has 2 aromatic rings. The van der Waals surface area contributed by atoms with Crippen molar-refractivity contribution >= 4 is 29.0 Å². The Labute approximate surface area is 132 Å². The third-order valence-electron chi connectivity index (χ3n) is 3.51. The fourth-order valence-electron chi connectivity index (χ4n) is 2.29. The van der Waals surface area contributed by atoms with Crippen molar-refractivity contribution < 1.29 is 9.90 Å². The van der Waals surface area contributed by atoms with Gasteiger partial charge in [0.15, 0.2) is 0 Å². The van der Waals surface area contributed by atoms with Gasteiger partial charge in [-0.3, -0.25) is 4.79 Å². The Balaban J connectivity index is 1.61. The van der Waals surface area contributed by atoms with Gasteiger partial charge in [-0.15, -0.1) is 11.3 Å². The quantitative estimate of drug-likeness (QED) is 0.911. The molecule has 1 amide bonds.